The van der Waals surface area contributed by atoms with Crippen molar-refractivity contribution in [1.29, 1.82) is 0 Å². The Morgan fingerprint density at radius 2 is 2.50 bits per heavy atom. The molecule has 1 atom stereocenters. The summed E-state index contributed by atoms with van der Waals surface area (Å²) in [5.74, 6) is 0.566. The Hall–Kier alpha value is -1.07. The van der Waals surface area contributed by atoms with Gasteiger partial charge in [-0.05, 0) is 31.4 Å². The Labute approximate surface area is 99.4 Å². The number of ether oxygens (including phenoxy) is 1. The van der Waals surface area contributed by atoms with Crippen molar-refractivity contribution in [2.75, 3.05) is 24.2 Å². The third kappa shape index (κ3) is 2.54. The molecule has 3 N–H and O–H groups in total. The van der Waals surface area contributed by atoms with Gasteiger partial charge in [-0.2, -0.15) is 4.98 Å². The summed E-state index contributed by atoms with van der Waals surface area (Å²) >= 11 is 5.70. The number of nitrogen functional groups attached to an aromatic ring is 1. The number of nitrogens with one attached hydrogen (secondary N) is 1. The Morgan fingerprint density at radius 1 is 1.69 bits per heavy atom. The van der Waals surface area contributed by atoms with Crippen LogP contribution >= 0.6 is 11.6 Å². The zero-order valence-corrected chi connectivity index (χ0v) is 9.92. The second-order valence-electron chi connectivity index (χ2n) is 4.20. The molecule has 0 aromatic carbocycles. The largest absolute Gasteiger partial charge is 0.394 e. The molecule has 1 aromatic rings. The van der Waals surface area contributed by atoms with Gasteiger partial charge in [0.15, 0.2) is 5.82 Å². The van der Waals surface area contributed by atoms with Crippen molar-refractivity contribution in [2.24, 2.45) is 0 Å². The van der Waals surface area contributed by atoms with Gasteiger partial charge in [0.25, 0.3) is 0 Å². The predicted molar refractivity (Wildman–Crippen MR) is 63.5 cm³/mol. The van der Waals surface area contributed by atoms with E-state index in [1.54, 1.807) is 0 Å². The van der Waals surface area contributed by atoms with Crippen LogP contribution < -0.4 is 11.1 Å². The molecule has 6 heteroatoms. The molecular weight excluding hydrogens is 228 g/mol. The summed E-state index contributed by atoms with van der Waals surface area (Å²) in [6, 6.07) is 0. The first-order valence-corrected chi connectivity index (χ1v) is 5.63. The molecule has 1 saturated heterocycles. The minimum Gasteiger partial charge on any atom is -0.394 e. The number of hydrogen-bond donors (Lipinski definition) is 2. The molecule has 16 heavy (non-hydrogen) atoms. The molecule has 0 radical (unpaired) electrons. The van der Waals surface area contributed by atoms with Gasteiger partial charge in [-0.15, -0.1) is 0 Å². The average Bonchev–Trinajstić information content (AvgIpc) is 2.67. The molecule has 0 saturated carbocycles. The van der Waals surface area contributed by atoms with E-state index in [9.17, 15) is 0 Å². The average molecular weight is 243 g/mol. The lowest BCUT2D eigenvalue weighted by Gasteiger charge is -2.23. The molecule has 5 nitrogen and oxygen atoms in total. The van der Waals surface area contributed by atoms with Gasteiger partial charge >= 0.3 is 0 Å². The van der Waals surface area contributed by atoms with E-state index in [1.807, 2.05) is 0 Å². The van der Waals surface area contributed by atoms with Gasteiger partial charge in [-0.3, -0.25) is 0 Å². The number of hydrogen-bond acceptors (Lipinski definition) is 5. The van der Waals surface area contributed by atoms with Crippen molar-refractivity contribution in [3.8, 4) is 0 Å². The van der Waals surface area contributed by atoms with Crippen molar-refractivity contribution in [1.82, 2.24) is 9.97 Å². The molecule has 1 fully saturated rings. The van der Waals surface area contributed by atoms with E-state index in [4.69, 9.17) is 22.1 Å². The van der Waals surface area contributed by atoms with E-state index in [1.165, 1.54) is 6.20 Å². The van der Waals surface area contributed by atoms with Crippen LogP contribution in [0.3, 0.4) is 0 Å². The van der Waals surface area contributed by atoms with Gasteiger partial charge in [0.2, 0.25) is 5.28 Å². The molecule has 2 heterocycles. The highest BCUT2D eigenvalue weighted by Crippen LogP contribution is 2.26. The zero-order valence-electron chi connectivity index (χ0n) is 9.16. The van der Waals surface area contributed by atoms with Crippen LogP contribution in [0.2, 0.25) is 5.28 Å². The van der Waals surface area contributed by atoms with Gasteiger partial charge in [0.05, 0.1) is 17.5 Å². The van der Waals surface area contributed by atoms with Crippen LogP contribution in [-0.2, 0) is 4.74 Å². The number of halogens is 1. The highest BCUT2D eigenvalue weighted by Gasteiger charge is 2.29. The SMILES string of the molecule is CC1(CNc2nc(Cl)ncc2N)CCCO1. The first-order valence-electron chi connectivity index (χ1n) is 5.25. The summed E-state index contributed by atoms with van der Waals surface area (Å²) in [6.45, 7) is 3.56. The van der Waals surface area contributed by atoms with Gasteiger partial charge in [-0.1, -0.05) is 0 Å². The number of aromatic nitrogens is 2. The van der Waals surface area contributed by atoms with E-state index in [-0.39, 0.29) is 10.9 Å². The lowest BCUT2D eigenvalue weighted by Crippen LogP contribution is -2.33. The number of nitrogens with two attached hydrogens (primary N) is 1. The second kappa shape index (κ2) is 4.43. The minimum atomic E-state index is -0.135. The molecular formula is C10H15ClN4O. The van der Waals surface area contributed by atoms with E-state index >= 15 is 0 Å². The molecule has 1 aliphatic heterocycles. The molecule has 0 spiro atoms. The van der Waals surface area contributed by atoms with Crippen LogP contribution in [0.1, 0.15) is 19.8 Å². The summed E-state index contributed by atoms with van der Waals surface area (Å²) < 4.78 is 5.65. The fourth-order valence-corrected chi connectivity index (χ4v) is 1.89. The number of anilines is 2. The Balaban J connectivity index is 2.01. The Bertz CT molecular complexity index is 379. The lowest BCUT2D eigenvalue weighted by molar-refractivity contribution is 0.0315. The van der Waals surface area contributed by atoms with E-state index in [0.717, 1.165) is 19.4 Å². The monoisotopic (exact) mass is 242 g/mol. The van der Waals surface area contributed by atoms with Crippen LogP contribution in [0.4, 0.5) is 11.5 Å². The molecule has 1 aliphatic rings. The van der Waals surface area contributed by atoms with Crippen molar-refractivity contribution in [3.05, 3.63) is 11.5 Å². The van der Waals surface area contributed by atoms with Gasteiger partial charge in [0, 0.05) is 13.2 Å². The fourth-order valence-electron chi connectivity index (χ4n) is 1.76. The maximum absolute atomic E-state index is 5.73. The lowest BCUT2D eigenvalue weighted by atomic mass is 10.0. The van der Waals surface area contributed by atoms with Crippen LogP contribution in [-0.4, -0.2) is 28.7 Å². The fraction of sp³-hybridized carbons (Fsp3) is 0.600. The van der Waals surface area contributed by atoms with Crippen LogP contribution in [0.25, 0.3) is 0 Å². The van der Waals surface area contributed by atoms with E-state index < -0.39 is 0 Å². The maximum atomic E-state index is 5.73. The smallest absolute Gasteiger partial charge is 0.224 e. The topological polar surface area (TPSA) is 73.1 Å². The second-order valence-corrected chi connectivity index (χ2v) is 4.54. The van der Waals surface area contributed by atoms with Crippen molar-refractivity contribution in [2.45, 2.75) is 25.4 Å². The molecule has 88 valence electrons. The van der Waals surface area contributed by atoms with Crippen molar-refractivity contribution in [3.63, 3.8) is 0 Å². The van der Waals surface area contributed by atoms with Gasteiger partial charge < -0.3 is 15.8 Å². The third-order valence-electron chi connectivity index (χ3n) is 2.72. The molecule has 1 aromatic heterocycles. The standard InChI is InChI=1S/C10H15ClN4O/c1-10(3-2-4-16-10)6-14-8-7(12)5-13-9(11)15-8/h5H,2-4,6,12H2,1H3,(H,13,14,15). The van der Waals surface area contributed by atoms with E-state index in [0.29, 0.717) is 18.1 Å². The summed E-state index contributed by atoms with van der Waals surface area (Å²) in [5.41, 5.74) is 6.09. The van der Waals surface area contributed by atoms with Gasteiger partial charge in [0.1, 0.15) is 0 Å². The molecule has 0 bridgehead atoms. The normalized spacial score (nSPS) is 24.6. The highest BCUT2D eigenvalue weighted by atomic mass is 35.5. The first-order chi connectivity index (χ1) is 7.59. The Morgan fingerprint density at radius 3 is 3.19 bits per heavy atom. The molecule has 1 unspecified atom stereocenters. The first kappa shape index (κ1) is 11.4. The minimum absolute atomic E-state index is 0.135. The number of rotatable bonds is 3. The zero-order chi connectivity index (χ0) is 11.6. The maximum Gasteiger partial charge on any atom is 0.224 e. The molecule has 0 amide bonds. The van der Waals surface area contributed by atoms with Crippen LogP contribution in [0.5, 0.6) is 0 Å². The van der Waals surface area contributed by atoms with Crippen molar-refractivity contribution < 1.29 is 4.74 Å². The summed E-state index contributed by atoms with van der Waals surface area (Å²) in [7, 11) is 0. The number of nitrogens with zero attached hydrogens (tertiary/aromatic N) is 2. The van der Waals surface area contributed by atoms with Crippen LogP contribution in [0.15, 0.2) is 6.20 Å². The predicted octanol–water partition coefficient (Wildman–Crippen LogP) is 1.69. The highest BCUT2D eigenvalue weighted by molar-refractivity contribution is 6.28. The molecule has 2 rings (SSSR count). The third-order valence-corrected chi connectivity index (χ3v) is 2.90. The van der Waals surface area contributed by atoms with E-state index in [2.05, 4.69) is 22.2 Å². The van der Waals surface area contributed by atoms with Crippen LogP contribution in [0, 0.1) is 0 Å². The molecule has 0 aliphatic carbocycles. The van der Waals surface area contributed by atoms with Gasteiger partial charge in [-0.25, -0.2) is 4.98 Å². The summed E-state index contributed by atoms with van der Waals surface area (Å²) in [6.07, 6.45) is 3.63. The quantitative estimate of drug-likeness (QED) is 0.790. The Kier molecular flexibility index (Phi) is 3.16. The summed E-state index contributed by atoms with van der Waals surface area (Å²) in [4.78, 5) is 7.82. The summed E-state index contributed by atoms with van der Waals surface area (Å²) in [5, 5.41) is 3.34. The van der Waals surface area contributed by atoms with Crippen molar-refractivity contribution >= 4 is 23.1 Å².